The molecule has 0 radical (unpaired) electrons. The van der Waals surface area contributed by atoms with Crippen molar-refractivity contribution in [2.75, 3.05) is 17.9 Å². The average molecular weight is 386 g/mol. The summed E-state index contributed by atoms with van der Waals surface area (Å²) in [5, 5.41) is 6.00. The number of amides is 1. The van der Waals surface area contributed by atoms with Crippen LogP contribution in [0.25, 0.3) is 0 Å². The van der Waals surface area contributed by atoms with Gasteiger partial charge in [0.05, 0.1) is 18.5 Å². The van der Waals surface area contributed by atoms with Crippen molar-refractivity contribution in [1.82, 2.24) is 0 Å². The van der Waals surface area contributed by atoms with Crippen LogP contribution in [0.15, 0.2) is 47.6 Å². The zero-order valence-corrected chi connectivity index (χ0v) is 13.8. The zero-order valence-electron chi connectivity index (χ0n) is 13.8. The van der Waals surface area contributed by atoms with Crippen LogP contribution in [0.2, 0.25) is 0 Å². The van der Waals surface area contributed by atoms with Crippen molar-refractivity contribution < 1.29 is 31.8 Å². The smallest absolute Gasteiger partial charge is 0.453 e. The minimum Gasteiger partial charge on any atom is -0.453 e. The molecule has 1 amide bonds. The number of hydrazone groups is 1. The highest BCUT2D eigenvalue weighted by Crippen LogP contribution is 2.24. The summed E-state index contributed by atoms with van der Waals surface area (Å²) < 4.78 is 58.3. The molecule has 7 nitrogen and oxygen atoms in total. The van der Waals surface area contributed by atoms with Gasteiger partial charge in [-0.15, -0.1) is 13.2 Å². The van der Waals surface area contributed by atoms with E-state index in [9.17, 15) is 22.4 Å². The number of halogens is 4. The number of carbonyl (C=O) groups excluding carboxylic acids is 1. The van der Waals surface area contributed by atoms with Crippen LogP contribution in [0.3, 0.4) is 0 Å². The summed E-state index contributed by atoms with van der Waals surface area (Å²) in [6, 6.07) is 8.50. The largest absolute Gasteiger partial charge is 0.573 e. The zero-order chi connectivity index (χ0) is 20.0. The molecule has 2 aromatic carbocycles. The van der Waals surface area contributed by atoms with E-state index in [0.717, 1.165) is 25.3 Å². The molecule has 0 aliphatic heterocycles. The first-order chi connectivity index (χ1) is 12.7. The Bertz CT molecular complexity index is 839. The summed E-state index contributed by atoms with van der Waals surface area (Å²) in [6.45, 7) is 0. The molecule has 144 valence electrons. The van der Waals surface area contributed by atoms with Crippen molar-refractivity contribution >= 4 is 23.3 Å². The van der Waals surface area contributed by atoms with Gasteiger partial charge < -0.3 is 15.2 Å². The van der Waals surface area contributed by atoms with Crippen LogP contribution < -0.4 is 21.2 Å². The Morgan fingerprint density at radius 1 is 1.15 bits per heavy atom. The minimum atomic E-state index is -4.78. The van der Waals surface area contributed by atoms with Gasteiger partial charge in [-0.1, -0.05) is 0 Å². The van der Waals surface area contributed by atoms with E-state index < -0.39 is 18.3 Å². The summed E-state index contributed by atoms with van der Waals surface area (Å²) in [7, 11) is 1.14. The van der Waals surface area contributed by atoms with Gasteiger partial charge in [0.1, 0.15) is 11.6 Å². The third-order valence-electron chi connectivity index (χ3n) is 3.08. The Labute approximate surface area is 150 Å². The molecule has 4 N–H and O–H groups in total. The van der Waals surface area contributed by atoms with Crippen LogP contribution in [0.1, 0.15) is 5.56 Å². The number of nitrogens with two attached hydrogens (primary N) is 1. The fourth-order valence-electron chi connectivity index (χ4n) is 1.86. The van der Waals surface area contributed by atoms with Crippen LogP contribution in [0, 0.1) is 5.82 Å². The highest BCUT2D eigenvalue weighted by molar-refractivity contribution is 5.98. The quantitative estimate of drug-likeness (QED) is 0.316. The van der Waals surface area contributed by atoms with Crippen LogP contribution in [0.4, 0.5) is 33.7 Å². The lowest BCUT2D eigenvalue weighted by molar-refractivity contribution is -0.274. The molecule has 0 saturated heterocycles. The number of anilines is 2. The van der Waals surface area contributed by atoms with Crippen molar-refractivity contribution in [3.63, 3.8) is 0 Å². The second-order valence-corrected chi connectivity index (χ2v) is 4.99. The van der Waals surface area contributed by atoms with Gasteiger partial charge >= 0.3 is 12.5 Å². The Morgan fingerprint density at radius 2 is 1.81 bits per heavy atom. The molecule has 2 rings (SSSR count). The number of carbonyl (C=O) groups is 1. The van der Waals surface area contributed by atoms with E-state index in [-0.39, 0.29) is 22.8 Å². The lowest BCUT2D eigenvalue weighted by Gasteiger charge is -2.09. The first-order valence-corrected chi connectivity index (χ1v) is 7.28. The molecule has 0 saturated carbocycles. The number of hydrogen-bond donors (Lipinski definition) is 3. The number of alkyl halides is 3. The van der Waals surface area contributed by atoms with Gasteiger partial charge in [-0.3, -0.25) is 10.7 Å². The topological polar surface area (TPSA) is 98.0 Å². The number of benzene rings is 2. The highest BCUT2D eigenvalue weighted by atomic mass is 19.4. The molecule has 0 fully saturated rings. The van der Waals surface area contributed by atoms with Gasteiger partial charge in [0.25, 0.3) is 0 Å². The van der Waals surface area contributed by atoms with E-state index in [0.29, 0.717) is 5.69 Å². The molecule has 0 aliphatic rings. The van der Waals surface area contributed by atoms with Crippen molar-refractivity contribution in [1.29, 1.82) is 0 Å². The van der Waals surface area contributed by atoms with Crippen LogP contribution >= 0.6 is 0 Å². The molecule has 27 heavy (non-hydrogen) atoms. The van der Waals surface area contributed by atoms with Crippen molar-refractivity contribution in [3.8, 4) is 5.75 Å². The molecule has 0 spiro atoms. The van der Waals surface area contributed by atoms with Gasteiger partial charge in [-0.25, -0.2) is 9.18 Å². The fourth-order valence-corrected chi connectivity index (χ4v) is 1.86. The molecule has 0 heterocycles. The Balaban J connectivity index is 2.05. The molecular weight excluding hydrogens is 372 g/mol. The van der Waals surface area contributed by atoms with E-state index in [1.807, 2.05) is 0 Å². The van der Waals surface area contributed by atoms with Crippen molar-refractivity contribution in [3.05, 3.63) is 53.8 Å². The molecule has 2 aromatic rings. The van der Waals surface area contributed by atoms with Crippen molar-refractivity contribution in [2.45, 2.75) is 6.36 Å². The first kappa shape index (κ1) is 19.8. The van der Waals surface area contributed by atoms with Gasteiger partial charge in [0.2, 0.25) is 0 Å². The Hall–Kier alpha value is -3.50. The predicted molar refractivity (Wildman–Crippen MR) is 89.9 cm³/mol. The first-order valence-electron chi connectivity index (χ1n) is 7.28. The van der Waals surface area contributed by atoms with Gasteiger partial charge in [0, 0.05) is 5.56 Å². The SMILES string of the molecule is COC(=O)Nc1ccc(/C(N)=N/Nc2ccc(OC(F)(F)F)cc2)cc1F. The summed E-state index contributed by atoms with van der Waals surface area (Å²) in [5.41, 5.74) is 8.70. The summed E-state index contributed by atoms with van der Waals surface area (Å²) in [6.07, 6.45) is -5.61. The van der Waals surface area contributed by atoms with Crippen molar-refractivity contribution in [2.24, 2.45) is 10.8 Å². The second-order valence-electron chi connectivity index (χ2n) is 4.99. The van der Waals surface area contributed by atoms with E-state index >= 15 is 0 Å². The average Bonchev–Trinajstić information content (AvgIpc) is 2.61. The summed E-state index contributed by atoms with van der Waals surface area (Å²) >= 11 is 0. The lowest BCUT2D eigenvalue weighted by Crippen LogP contribution is -2.17. The maximum atomic E-state index is 13.9. The molecule has 0 unspecified atom stereocenters. The molecule has 11 heteroatoms. The molecule has 0 aliphatic carbocycles. The van der Waals surface area contributed by atoms with Gasteiger partial charge in [-0.2, -0.15) is 5.10 Å². The van der Waals surface area contributed by atoms with E-state index in [2.05, 4.69) is 25.3 Å². The number of methoxy groups -OCH3 is 1. The predicted octanol–water partition coefficient (Wildman–Crippen LogP) is 3.64. The Morgan fingerprint density at radius 3 is 2.37 bits per heavy atom. The lowest BCUT2D eigenvalue weighted by atomic mass is 10.2. The van der Waals surface area contributed by atoms with Crippen LogP contribution in [-0.2, 0) is 4.74 Å². The van der Waals surface area contributed by atoms with E-state index in [1.165, 1.54) is 24.3 Å². The number of nitrogens with zero attached hydrogens (tertiary/aromatic N) is 1. The number of hydrogen-bond acceptors (Lipinski definition) is 5. The molecular formula is C16H14F4N4O3. The maximum Gasteiger partial charge on any atom is 0.573 e. The van der Waals surface area contributed by atoms with Gasteiger partial charge in [0.15, 0.2) is 5.84 Å². The number of nitrogens with one attached hydrogen (secondary N) is 2. The van der Waals surface area contributed by atoms with Gasteiger partial charge in [-0.05, 0) is 42.5 Å². The summed E-state index contributed by atoms with van der Waals surface area (Å²) in [4.78, 5) is 11.1. The fraction of sp³-hybridized carbons (Fsp3) is 0.125. The van der Waals surface area contributed by atoms with Crippen LogP contribution in [-0.4, -0.2) is 25.4 Å². The number of ether oxygens (including phenoxy) is 2. The number of rotatable bonds is 5. The standard InChI is InChI=1S/C16H14F4N4O3/c1-26-15(25)22-13-7-2-9(8-12(13)17)14(21)24-23-10-3-5-11(6-4-10)27-16(18,19)20/h2-8,23H,1H3,(H2,21,24)(H,22,25). The molecule has 0 atom stereocenters. The maximum absolute atomic E-state index is 13.9. The van der Waals surface area contributed by atoms with E-state index in [4.69, 9.17) is 5.73 Å². The third kappa shape index (κ3) is 6.06. The second kappa shape index (κ2) is 8.25. The number of amidine groups is 1. The van der Waals surface area contributed by atoms with Crippen LogP contribution in [0.5, 0.6) is 5.75 Å². The highest BCUT2D eigenvalue weighted by Gasteiger charge is 2.30. The monoisotopic (exact) mass is 386 g/mol. The van der Waals surface area contributed by atoms with E-state index in [1.54, 1.807) is 0 Å². The third-order valence-corrected chi connectivity index (χ3v) is 3.08. The molecule has 0 aromatic heterocycles. The normalized spacial score (nSPS) is 11.7. The Kier molecular flexibility index (Phi) is 6.06. The minimum absolute atomic E-state index is 0.0888. The summed E-state index contributed by atoms with van der Waals surface area (Å²) in [5.74, 6) is -1.24. The molecule has 0 bridgehead atoms.